The van der Waals surface area contributed by atoms with E-state index in [9.17, 15) is 0 Å². The summed E-state index contributed by atoms with van der Waals surface area (Å²) >= 11 is 1.58. The van der Waals surface area contributed by atoms with Gasteiger partial charge in [-0.15, -0.1) is 11.3 Å². The van der Waals surface area contributed by atoms with Crippen molar-refractivity contribution in [1.82, 2.24) is 4.98 Å². The number of benzene rings is 2. The monoisotopic (exact) mass is 340 g/mol. The van der Waals surface area contributed by atoms with Gasteiger partial charge in [-0.2, -0.15) is 0 Å². The van der Waals surface area contributed by atoms with Crippen LogP contribution in [0.1, 0.15) is 18.5 Å². The first-order chi connectivity index (χ1) is 11.7. The summed E-state index contributed by atoms with van der Waals surface area (Å²) in [5, 5.41) is 6.36. The molecule has 0 saturated heterocycles. The third-order valence-corrected chi connectivity index (χ3v) is 4.60. The van der Waals surface area contributed by atoms with Gasteiger partial charge in [0.2, 0.25) is 0 Å². The zero-order valence-corrected chi connectivity index (χ0v) is 14.8. The van der Waals surface area contributed by atoms with Gasteiger partial charge in [-0.1, -0.05) is 30.3 Å². The average molecular weight is 340 g/mol. The van der Waals surface area contributed by atoms with Gasteiger partial charge < -0.3 is 14.8 Å². The Bertz CT molecular complexity index is 802. The van der Waals surface area contributed by atoms with E-state index in [2.05, 4.69) is 24.4 Å². The van der Waals surface area contributed by atoms with Crippen molar-refractivity contribution in [3.8, 4) is 22.8 Å². The molecule has 124 valence electrons. The van der Waals surface area contributed by atoms with Crippen molar-refractivity contribution in [2.75, 3.05) is 19.5 Å². The lowest BCUT2D eigenvalue weighted by Gasteiger charge is -2.13. The third-order valence-electron chi connectivity index (χ3n) is 3.83. The van der Waals surface area contributed by atoms with E-state index in [4.69, 9.17) is 14.5 Å². The number of aromatic nitrogens is 1. The second-order valence-corrected chi connectivity index (χ2v) is 6.24. The zero-order valence-electron chi connectivity index (χ0n) is 13.9. The molecule has 24 heavy (non-hydrogen) atoms. The number of ether oxygens (including phenoxy) is 2. The fourth-order valence-electron chi connectivity index (χ4n) is 2.49. The Morgan fingerprint density at radius 3 is 2.54 bits per heavy atom. The molecule has 3 aromatic rings. The molecular formula is C19H20N2O2S. The second kappa shape index (κ2) is 7.36. The van der Waals surface area contributed by atoms with Gasteiger partial charge in [0.05, 0.1) is 26.0 Å². The van der Waals surface area contributed by atoms with Gasteiger partial charge in [0.1, 0.15) is 11.5 Å². The van der Waals surface area contributed by atoms with E-state index in [-0.39, 0.29) is 6.04 Å². The maximum absolute atomic E-state index is 5.45. The van der Waals surface area contributed by atoms with Crippen molar-refractivity contribution < 1.29 is 9.47 Å². The second-order valence-electron chi connectivity index (χ2n) is 5.38. The smallest absolute Gasteiger partial charge is 0.183 e. The van der Waals surface area contributed by atoms with E-state index in [0.29, 0.717) is 0 Å². The number of hydrogen-bond donors (Lipinski definition) is 1. The molecule has 1 N–H and O–H groups in total. The lowest BCUT2D eigenvalue weighted by Crippen LogP contribution is -2.05. The summed E-state index contributed by atoms with van der Waals surface area (Å²) in [5.74, 6) is 1.56. The van der Waals surface area contributed by atoms with E-state index in [1.54, 1.807) is 25.6 Å². The normalized spacial score (nSPS) is 11.8. The summed E-state index contributed by atoms with van der Waals surface area (Å²) in [7, 11) is 3.31. The summed E-state index contributed by atoms with van der Waals surface area (Å²) in [4.78, 5) is 4.70. The van der Waals surface area contributed by atoms with Gasteiger partial charge in [-0.25, -0.2) is 4.98 Å². The molecule has 0 unspecified atom stereocenters. The molecule has 0 amide bonds. The molecule has 2 aromatic carbocycles. The molecule has 0 aliphatic heterocycles. The van der Waals surface area contributed by atoms with Crippen LogP contribution in [0.5, 0.6) is 11.5 Å². The summed E-state index contributed by atoms with van der Waals surface area (Å²) in [6.07, 6.45) is 0. The average Bonchev–Trinajstić information content (AvgIpc) is 3.10. The number of hydrogen-bond acceptors (Lipinski definition) is 5. The standard InChI is InChI=1S/C19H20N2O2S/c1-13(14-7-5-4-6-8-14)20-19-21-17(12-24-19)16-11-15(22-2)9-10-18(16)23-3/h4-13H,1-3H3,(H,20,21)/t13-/m0/s1. The topological polar surface area (TPSA) is 43.4 Å². The molecule has 0 aliphatic rings. The van der Waals surface area contributed by atoms with Crippen LogP contribution in [-0.4, -0.2) is 19.2 Å². The van der Waals surface area contributed by atoms with E-state index < -0.39 is 0 Å². The van der Waals surface area contributed by atoms with Crippen molar-refractivity contribution in [3.63, 3.8) is 0 Å². The number of nitrogens with zero attached hydrogens (tertiary/aromatic N) is 1. The Morgan fingerprint density at radius 2 is 1.83 bits per heavy atom. The van der Waals surface area contributed by atoms with Crippen LogP contribution in [0.4, 0.5) is 5.13 Å². The van der Waals surface area contributed by atoms with E-state index in [1.807, 2.05) is 41.8 Å². The molecule has 0 spiro atoms. The lowest BCUT2D eigenvalue weighted by molar-refractivity contribution is 0.404. The predicted molar refractivity (Wildman–Crippen MR) is 99.1 cm³/mol. The van der Waals surface area contributed by atoms with E-state index in [1.165, 1.54) is 5.56 Å². The highest BCUT2D eigenvalue weighted by Crippen LogP contribution is 2.35. The Balaban J connectivity index is 1.83. The zero-order chi connectivity index (χ0) is 16.9. The van der Waals surface area contributed by atoms with Crippen LogP contribution in [0, 0.1) is 0 Å². The van der Waals surface area contributed by atoms with Crippen molar-refractivity contribution in [1.29, 1.82) is 0 Å². The van der Waals surface area contributed by atoms with Gasteiger partial charge in [0, 0.05) is 10.9 Å². The van der Waals surface area contributed by atoms with Crippen LogP contribution in [-0.2, 0) is 0 Å². The highest BCUT2D eigenvalue weighted by molar-refractivity contribution is 7.14. The summed E-state index contributed by atoms with van der Waals surface area (Å²) < 4.78 is 10.8. The molecule has 5 heteroatoms. The van der Waals surface area contributed by atoms with Crippen LogP contribution >= 0.6 is 11.3 Å². The molecule has 1 heterocycles. The van der Waals surface area contributed by atoms with Gasteiger partial charge in [-0.05, 0) is 30.7 Å². The van der Waals surface area contributed by atoms with Crippen LogP contribution in [0.25, 0.3) is 11.3 Å². The molecule has 0 aliphatic carbocycles. The highest BCUT2D eigenvalue weighted by Gasteiger charge is 2.13. The Morgan fingerprint density at radius 1 is 1.04 bits per heavy atom. The van der Waals surface area contributed by atoms with Crippen LogP contribution in [0.2, 0.25) is 0 Å². The number of rotatable bonds is 6. The first kappa shape index (κ1) is 16.3. The van der Waals surface area contributed by atoms with Gasteiger partial charge in [0.25, 0.3) is 0 Å². The van der Waals surface area contributed by atoms with Crippen molar-refractivity contribution in [2.45, 2.75) is 13.0 Å². The van der Waals surface area contributed by atoms with Gasteiger partial charge in [-0.3, -0.25) is 0 Å². The molecule has 1 aromatic heterocycles. The number of nitrogens with one attached hydrogen (secondary N) is 1. The number of methoxy groups -OCH3 is 2. The molecule has 3 rings (SSSR count). The Kier molecular flexibility index (Phi) is 5.01. The maximum Gasteiger partial charge on any atom is 0.183 e. The molecule has 4 nitrogen and oxygen atoms in total. The summed E-state index contributed by atoms with van der Waals surface area (Å²) in [5.41, 5.74) is 3.03. The van der Waals surface area contributed by atoms with Crippen LogP contribution in [0.3, 0.4) is 0 Å². The minimum absolute atomic E-state index is 0.192. The first-order valence-electron chi connectivity index (χ1n) is 7.70. The van der Waals surface area contributed by atoms with Crippen LogP contribution in [0.15, 0.2) is 53.9 Å². The van der Waals surface area contributed by atoms with E-state index in [0.717, 1.165) is 27.9 Å². The minimum Gasteiger partial charge on any atom is -0.497 e. The first-order valence-corrected chi connectivity index (χ1v) is 8.58. The largest absolute Gasteiger partial charge is 0.497 e. The molecule has 0 bridgehead atoms. The fourth-order valence-corrected chi connectivity index (χ4v) is 3.29. The molecule has 0 radical (unpaired) electrons. The van der Waals surface area contributed by atoms with Crippen molar-refractivity contribution in [3.05, 3.63) is 59.5 Å². The Labute approximate surface area is 146 Å². The number of thiazole rings is 1. The summed E-state index contributed by atoms with van der Waals surface area (Å²) in [6, 6.07) is 16.2. The summed E-state index contributed by atoms with van der Waals surface area (Å²) in [6.45, 7) is 2.13. The third kappa shape index (κ3) is 3.51. The lowest BCUT2D eigenvalue weighted by atomic mass is 10.1. The number of anilines is 1. The molecule has 0 fully saturated rings. The molecule has 1 atom stereocenters. The predicted octanol–water partition coefficient (Wildman–Crippen LogP) is 5.00. The minimum atomic E-state index is 0.192. The SMILES string of the molecule is COc1ccc(OC)c(-c2csc(N[C@@H](C)c3ccccc3)n2)c1. The highest BCUT2D eigenvalue weighted by atomic mass is 32.1. The Hall–Kier alpha value is -2.53. The molecule has 0 saturated carbocycles. The van der Waals surface area contributed by atoms with Crippen molar-refractivity contribution >= 4 is 16.5 Å². The quantitative estimate of drug-likeness (QED) is 0.686. The van der Waals surface area contributed by atoms with Crippen LogP contribution < -0.4 is 14.8 Å². The van der Waals surface area contributed by atoms with Gasteiger partial charge >= 0.3 is 0 Å². The molecular weight excluding hydrogens is 320 g/mol. The van der Waals surface area contributed by atoms with E-state index >= 15 is 0 Å². The fraction of sp³-hybridized carbons (Fsp3) is 0.211. The maximum atomic E-state index is 5.45. The van der Waals surface area contributed by atoms with Crippen molar-refractivity contribution in [2.24, 2.45) is 0 Å². The van der Waals surface area contributed by atoms with Gasteiger partial charge in [0.15, 0.2) is 5.13 Å².